The zero-order valence-corrected chi connectivity index (χ0v) is 10.1. The molecule has 0 spiro atoms. The summed E-state index contributed by atoms with van der Waals surface area (Å²) < 4.78 is 1.83. The monoisotopic (exact) mass is 254 g/mol. The largest absolute Gasteiger partial charge is 0.327 e. The van der Waals surface area contributed by atoms with E-state index in [-0.39, 0.29) is 11.1 Å². The summed E-state index contributed by atoms with van der Waals surface area (Å²) in [7, 11) is 0. The molecule has 0 saturated carbocycles. The molecule has 84 valence electrons. The summed E-state index contributed by atoms with van der Waals surface area (Å²) in [5, 5.41) is 0.933. The first kappa shape index (κ1) is 10.3. The Morgan fingerprint density at radius 2 is 2.38 bits per heavy atom. The Labute approximate surface area is 102 Å². The number of nitrogens with zero attached hydrogens (tertiary/aromatic N) is 1. The van der Waals surface area contributed by atoms with E-state index in [1.54, 1.807) is 6.07 Å². The van der Waals surface area contributed by atoms with Crippen LogP contribution in [0.15, 0.2) is 23.0 Å². The molecule has 0 bridgehead atoms. The summed E-state index contributed by atoms with van der Waals surface area (Å²) in [5.41, 5.74) is 1.75. The van der Waals surface area contributed by atoms with E-state index in [1.807, 2.05) is 28.5 Å². The number of hydrogen-bond donors (Lipinski definition) is 1. The van der Waals surface area contributed by atoms with Gasteiger partial charge in [0.05, 0.1) is 16.4 Å². The van der Waals surface area contributed by atoms with Crippen molar-refractivity contribution in [3.8, 4) is 0 Å². The molecular formula is C11H11ClN2OS. The minimum Gasteiger partial charge on any atom is -0.306 e. The molecule has 1 aliphatic rings. The second-order valence-corrected chi connectivity index (χ2v) is 5.65. The van der Waals surface area contributed by atoms with Crippen molar-refractivity contribution in [2.24, 2.45) is 0 Å². The van der Waals surface area contributed by atoms with Crippen LogP contribution < -0.4 is 5.69 Å². The first-order valence-corrected chi connectivity index (χ1v) is 6.70. The van der Waals surface area contributed by atoms with Gasteiger partial charge in [0.15, 0.2) is 0 Å². The molecule has 0 aliphatic carbocycles. The fourth-order valence-corrected chi connectivity index (χ4v) is 3.61. The van der Waals surface area contributed by atoms with Crippen LogP contribution in [-0.2, 0) is 0 Å². The van der Waals surface area contributed by atoms with Crippen LogP contribution in [0, 0.1) is 0 Å². The maximum atomic E-state index is 11.9. The van der Waals surface area contributed by atoms with E-state index in [1.165, 1.54) is 6.42 Å². The predicted octanol–water partition coefficient (Wildman–Crippen LogP) is 3.01. The Hall–Kier alpha value is -0.870. The summed E-state index contributed by atoms with van der Waals surface area (Å²) >= 11 is 7.81. The van der Waals surface area contributed by atoms with Gasteiger partial charge in [-0.2, -0.15) is 0 Å². The van der Waals surface area contributed by atoms with E-state index in [9.17, 15) is 4.79 Å². The van der Waals surface area contributed by atoms with Crippen LogP contribution in [0.1, 0.15) is 18.2 Å². The van der Waals surface area contributed by atoms with Crippen LogP contribution in [0.4, 0.5) is 0 Å². The van der Waals surface area contributed by atoms with Gasteiger partial charge in [-0.1, -0.05) is 11.6 Å². The second kappa shape index (κ2) is 3.86. The Balaban J connectivity index is 2.25. The average molecular weight is 255 g/mol. The van der Waals surface area contributed by atoms with Crippen molar-refractivity contribution >= 4 is 34.4 Å². The molecule has 1 N–H and O–H groups in total. The summed E-state index contributed by atoms with van der Waals surface area (Å²) in [6, 6.07) is 5.51. The normalized spacial score (nSPS) is 20.7. The van der Waals surface area contributed by atoms with E-state index in [4.69, 9.17) is 11.6 Å². The number of nitrogens with one attached hydrogen (secondary N) is 1. The number of hydrogen-bond acceptors (Lipinski definition) is 2. The van der Waals surface area contributed by atoms with Crippen LogP contribution in [-0.4, -0.2) is 15.3 Å². The third-order valence-electron chi connectivity index (χ3n) is 2.87. The third kappa shape index (κ3) is 1.57. The fourth-order valence-electron chi connectivity index (χ4n) is 2.14. The molecule has 1 aromatic carbocycles. The van der Waals surface area contributed by atoms with Gasteiger partial charge in [-0.25, -0.2) is 4.79 Å². The lowest BCUT2D eigenvalue weighted by atomic mass is 10.3. The van der Waals surface area contributed by atoms with Crippen molar-refractivity contribution in [2.75, 3.05) is 5.75 Å². The average Bonchev–Trinajstić information content (AvgIpc) is 2.83. The molecule has 1 unspecified atom stereocenters. The smallest absolute Gasteiger partial charge is 0.306 e. The SMILES string of the molecule is O=c1[nH]c2ccc(Cl)cc2n1C1CCCS1. The maximum absolute atomic E-state index is 11.9. The molecule has 5 heteroatoms. The molecule has 1 fully saturated rings. The highest BCUT2D eigenvalue weighted by atomic mass is 35.5. The Bertz CT molecular complexity index is 583. The topological polar surface area (TPSA) is 37.8 Å². The van der Waals surface area contributed by atoms with Gasteiger partial charge in [0.1, 0.15) is 0 Å². The molecule has 16 heavy (non-hydrogen) atoms. The summed E-state index contributed by atoms with van der Waals surface area (Å²) in [4.78, 5) is 14.8. The number of aromatic nitrogens is 2. The first-order chi connectivity index (χ1) is 7.75. The highest BCUT2D eigenvalue weighted by Gasteiger charge is 2.21. The lowest BCUT2D eigenvalue weighted by molar-refractivity contribution is 0.641. The molecule has 1 aromatic heterocycles. The number of rotatable bonds is 1. The van der Waals surface area contributed by atoms with Gasteiger partial charge in [-0.3, -0.25) is 4.57 Å². The summed E-state index contributed by atoms with van der Waals surface area (Å²) in [6.45, 7) is 0. The lowest BCUT2D eigenvalue weighted by Gasteiger charge is -2.10. The Morgan fingerprint density at radius 1 is 1.50 bits per heavy atom. The molecular weight excluding hydrogens is 244 g/mol. The van der Waals surface area contributed by atoms with Crippen LogP contribution in [0.5, 0.6) is 0 Å². The number of H-pyrrole nitrogens is 1. The van der Waals surface area contributed by atoms with E-state index in [0.717, 1.165) is 23.2 Å². The highest BCUT2D eigenvalue weighted by molar-refractivity contribution is 7.99. The van der Waals surface area contributed by atoms with Gasteiger partial charge in [-0.05, 0) is 36.8 Å². The van der Waals surface area contributed by atoms with Crippen LogP contribution in [0.2, 0.25) is 5.02 Å². The molecule has 0 amide bonds. The zero-order valence-electron chi connectivity index (χ0n) is 8.57. The first-order valence-electron chi connectivity index (χ1n) is 5.27. The molecule has 3 rings (SSSR count). The Morgan fingerprint density at radius 3 is 3.12 bits per heavy atom. The summed E-state index contributed by atoms with van der Waals surface area (Å²) in [6.07, 6.45) is 2.24. The molecule has 2 aromatic rings. The highest BCUT2D eigenvalue weighted by Crippen LogP contribution is 2.36. The van der Waals surface area contributed by atoms with Gasteiger partial charge in [0.2, 0.25) is 0 Å². The van der Waals surface area contributed by atoms with Gasteiger partial charge in [-0.15, -0.1) is 11.8 Å². The number of thioether (sulfide) groups is 1. The van der Waals surface area contributed by atoms with E-state index >= 15 is 0 Å². The zero-order chi connectivity index (χ0) is 11.1. The number of imidazole rings is 1. The minimum atomic E-state index is -0.0309. The van der Waals surface area contributed by atoms with E-state index in [0.29, 0.717) is 5.02 Å². The number of benzene rings is 1. The quantitative estimate of drug-likeness (QED) is 0.850. The van der Waals surface area contributed by atoms with Crippen molar-refractivity contribution in [1.82, 2.24) is 9.55 Å². The van der Waals surface area contributed by atoms with Gasteiger partial charge < -0.3 is 4.98 Å². The lowest BCUT2D eigenvalue weighted by Crippen LogP contribution is -2.18. The van der Waals surface area contributed by atoms with Crippen molar-refractivity contribution in [3.63, 3.8) is 0 Å². The molecule has 1 atom stereocenters. The molecule has 1 aliphatic heterocycles. The Kier molecular flexibility index (Phi) is 2.48. The number of halogens is 1. The standard InChI is InChI=1S/C11H11ClN2OS/c12-7-3-4-8-9(6-7)14(11(15)13-8)10-2-1-5-16-10/h3-4,6,10H,1-2,5H2,(H,13,15). The molecule has 1 saturated heterocycles. The fraction of sp³-hybridized carbons (Fsp3) is 0.364. The second-order valence-electron chi connectivity index (χ2n) is 3.93. The molecule has 3 nitrogen and oxygen atoms in total. The molecule has 2 heterocycles. The van der Waals surface area contributed by atoms with Gasteiger partial charge in [0.25, 0.3) is 0 Å². The van der Waals surface area contributed by atoms with E-state index < -0.39 is 0 Å². The van der Waals surface area contributed by atoms with E-state index in [2.05, 4.69) is 4.98 Å². The predicted molar refractivity (Wildman–Crippen MR) is 68.3 cm³/mol. The van der Waals surface area contributed by atoms with Crippen LogP contribution >= 0.6 is 23.4 Å². The third-order valence-corrected chi connectivity index (χ3v) is 4.46. The minimum absolute atomic E-state index is 0.0309. The van der Waals surface area contributed by atoms with Gasteiger partial charge >= 0.3 is 5.69 Å². The van der Waals surface area contributed by atoms with Crippen molar-refractivity contribution in [1.29, 1.82) is 0 Å². The molecule has 0 radical (unpaired) electrons. The van der Waals surface area contributed by atoms with Crippen LogP contribution in [0.3, 0.4) is 0 Å². The number of fused-ring (bicyclic) bond motifs is 1. The maximum Gasteiger partial charge on any atom is 0.327 e. The van der Waals surface area contributed by atoms with Crippen molar-refractivity contribution in [3.05, 3.63) is 33.7 Å². The number of aromatic amines is 1. The summed E-state index contributed by atoms with van der Waals surface area (Å²) in [5.74, 6) is 1.13. The van der Waals surface area contributed by atoms with Gasteiger partial charge in [0, 0.05) is 5.02 Å². The van der Waals surface area contributed by atoms with Crippen molar-refractivity contribution < 1.29 is 0 Å². The van der Waals surface area contributed by atoms with Crippen LogP contribution in [0.25, 0.3) is 11.0 Å². The van der Waals surface area contributed by atoms with Crippen molar-refractivity contribution in [2.45, 2.75) is 18.2 Å².